The van der Waals surface area contributed by atoms with Crippen LogP contribution in [0.5, 0.6) is 0 Å². The van der Waals surface area contributed by atoms with E-state index in [4.69, 9.17) is 5.73 Å². The average Bonchev–Trinajstić information content (AvgIpc) is 2.81. The summed E-state index contributed by atoms with van der Waals surface area (Å²) in [7, 11) is 0. The van der Waals surface area contributed by atoms with Crippen molar-refractivity contribution in [2.45, 2.75) is 32.9 Å². The summed E-state index contributed by atoms with van der Waals surface area (Å²) in [6, 6.07) is 2.33. The lowest BCUT2D eigenvalue weighted by Crippen LogP contribution is -2.32. The average molecular weight is 297 g/mol. The second-order valence-corrected chi connectivity index (χ2v) is 5.56. The predicted octanol–water partition coefficient (Wildman–Crippen LogP) is 2.51. The third kappa shape index (κ3) is 3.59. The molecule has 0 aromatic heterocycles. The zero-order valence-corrected chi connectivity index (χ0v) is 12.9. The van der Waals surface area contributed by atoms with Crippen molar-refractivity contribution in [2.24, 2.45) is 5.73 Å². The minimum absolute atomic E-state index is 0.0677. The molecule has 0 radical (unpaired) electrons. The maximum absolute atomic E-state index is 13.9. The smallest absolute Gasteiger partial charge is 0.130 e. The van der Waals surface area contributed by atoms with Gasteiger partial charge >= 0.3 is 0 Å². The van der Waals surface area contributed by atoms with Crippen LogP contribution < -0.4 is 5.73 Å². The highest BCUT2D eigenvalue weighted by Crippen LogP contribution is 2.35. The van der Waals surface area contributed by atoms with Crippen LogP contribution in [-0.2, 0) is 6.54 Å². The van der Waals surface area contributed by atoms with Crippen LogP contribution in [0.1, 0.15) is 37.4 Å². The van der Waals surface area contributed by atoms with Crippen LogP contribution in [0.3, 0.4) is 0 Å². The Labute approximate surface area is 125 Å². The molecule has 1 aromatic carbocycles. The first kappa shape index (κ1) is 16.3. The third-order valence-corrected chi connectivity index (χ3v) is 4.39. The van der Waals surface area contributed by atoms with Crippen molar-refractivity contribution in [3.63, 3.8) is 0 Å². The van der Waals surface area contributed by atoms with Crippen molar-refractivity contribution in [3.05, 3.63) is 34.9 Å². The standard InChI is InChI=1S/C16H25F2N3/c1-3-20(4-2)6-5-7-21-11-14-13(16(21)10-19)8-12(17)9-15(14)18/h8-9,16H,3-7,10-11,19H2,1-2H3. The number of hydrogen-bond donors (Lipinski definition) is 1. The zero-order chi connectivity index (χ0) is 15.4. The Morgan fingerprint density at radius 1 is 1.29 bits per heavy atom. The van der Waals surface area contributed by atoms with E-state index < -0.39 is 11.6 Å². The highest BCUT2D eigenvalue weighted by Gasteiger charge is 2.31. The highest BCUT2D eigenvalue weighted by molar-refractivity contribution is 5.36. The summed E-state index contributed by atoms with van der Waals surface area (Å²) in [6.45, 7) is 9.17. The van der Waals surface area contributed by atoms with Gasteiger partial charge in [-0.3, -0.25) is 4.90 Å². The molecule has 0 bridgehead atoms. The number of hydrogen-bond acceptors (Lipinski definition) is 3. The quantitative estimate of drug-likeness (QED) is 0.839. The van der Waals surface area contributed by atoms with Crippen molar-refractivity contribution in [3.8, 4) is 0 Å². The number of benzene rings is 1. The van der Waals surface area contributed by atoms with Gasteiger partial charge in [-0.25, -0.2) is 8.78 Å². The van der Waals surface area contributed by atoms with Gasteiger partial charge in [0, 0.05) is 37.3 Å². The Kier molecular flexibility index (Phi) is 5.67. The SMILES string of the molecule is CCN(CC)CCCN1Cc2c(F)cc(F)cc2C1CN. The molecule has 0 saturated carbocycles. The van der Waals surface area contributed by atoms with Gasteiger partial charge in [0.05, 0.1) is 0 Å². The predicted molar refractivity (Wildman–Crippen MR) is 81.0 cm³/mol. The minimum Gasteiger partial charge on any atom is -0.329 e. The molecule has 1 heterocycles. The van der Waals surface area contributed by atoms with E-state index in [0.29, 0.717) is 18.7 Å². The molecule has 118 valence electrons. The molecule has 1 aromatic rings. The molecule has 1 unspecified atom stereocenters. The molecule has 0 amide bonds. The van der Waals surface area contributed by atoms with Crippen LogP contribution in [0.2, 0.25) is 0 Å². The van der Waals surface area contributed by atoms with Crippen LogP contribution in [0.25, 0.3) is 0 Å². The fraction of sp³-hybridized carbons (Fsp3) is 0.625. The molecule has 0 spiro atoms. The van der Waals surface area contributed by atoms with Crippen molar-refractivity contribution in [1.29, 1.82) is 0 Å². The van der Waals surface area contributed by atoms with Gasteiger partial charge in [-0.1, -0.05) is 13.8 Å². The van der Waals surface area contributed by atoms with E-state index in [1.54, 1.807) is 0 Å². The second kappa shape index (κ2) is 7.29. The van der Waals surface area contributed by atoms with E-state index in [1.807, 2.05) is 0 Å². The van der Waals surface area contributed by atoms with E-state index in [1.165, 1.54) is 6.07 Å². The first-order valence-corrected chi connectivity index (χ1v) is 7.74. The largest absolute Gasteiger partial charge is 0.329 e. The Morgan fingerprint density at radius 3 is 2.62 bits per heavy atom. The van der Waals surface area contributed by atoms with Gasteiger partial charge < -0.3 is 10.6 Å². The first-order valence-electron chi connectivity index (χ1n) is 7.74. The lowest BCUT2D eigenvalue weighted by molar-refractivity contribution is 0.198. The molecule has 3 nitrogen and oxygen atoms in total. The third-order valence-electron chi connectivity index (χ3n) is 4.39. The number of fused-ring (bicyclic) bond motifs is 1. The maximum Gasteiger partial charge on any atom is 0.130 e. The summed E-state index contributed by atoms with van der Waals surface area (Å²) in [6.07, 6.45) is 1.01. The van der Waals surface area contributed by atoms with E-state index in [0.717, 1.165) is 44.2 Å². The molecule has 21 heavy (non-hydrogen) atoms. The molecule has 2 rings (SSSR count). The van der Waals surface area contributed by atoms with E-state index in [2.05, 4.69) is 23.6 Å². The van der Waals surface area contributed by atoms with E-state index >= 15 is 0 Å². The second-order valence-electron chi connectivity index (χ2n) is 5.56. The zero-order valence-electron chi connectivity index (χ0n) is 12.9. The van der Waals surface area contributed by atoms with Gasteiger partial charge in [0.25, 0.3) is 0 Å². The maximum atomic E-state index is 13.9. The molecule has 1 aliphatic rings. The number of halogens is 2. The Morgan fingerprint density at radius 2 is 2.00 bits per heavy atom. The summed E-state index contributed by atoms with van der Waals surface area (Å²) in [5.41, 5.74) is 7.15. The van der Waals surface area contributed by atoms with Gasteiger partial charge in [0.15, 0.2) is 0 Å². The van der Waals surface area contributed by atoms with Gasteiger partial charge in [0.1, 0.15) is 11.6 Å². The molecular formula is C16H25F2N3. The number of nitrogens with two attached hydrogens (primary N) is 1. The summed E-state index contributed by atoms with van der Waals surface area (Å²) in [4.78, 5) is 4.53. The summed E-state index contributed by atoms with van der Waals surface area (Å²) in [5, 5.41) is 0. The minimum atomic E-state index is -0.519. The molecule has 5 heteroatoms. The Hall–Kier alpha value is -1.04. The fourth-order valence-electron chi connectivity index (χ4n) is 3.15. The lowest BCUT2D eigenvalue weighted by Gasteiger charge is -2.25. The van der Waals surface area contributed by atoms with Crippen LogP contribution in [-0.4, -0.2) is 42.5 Å². The summed E-state index contributed by atoms with van der Waals surface area (Å²) >= 11 is 0. The molecular weight excluding hydrogens is 272 g/mol. The van der Waals surface area contributed by atoms with Gasteiger partial charge in [-0.2, -0.15) is 0 Å². The molecule has 1 atom stereocenters. The first-order chi connectivity index (χ1) is 10.1. The number of nitrogens with zero attached hydrogens (tertiary/aromatic N) is 2. The van der Waals surface area contributed by atoms with Gasteiger partial charge in [0.2, 0.25) is 0 Å². The lowest BCUT2D eigenvalue weighted by atomic mass is 10.0. The summed E-state index contributed by atoms with van der Waals surface area (Å²) in [5.74, 6) is -0.968. The molecule has 1 aliphatic heterocycles. The van der Waals surface area contributed by atoms with E-state index in [9.17, 15) is 8.78 Å². The van der Waals surface area contributed by atoms with Crippen LogP contribution in [0.15, 0.2) is 12.1 Å². The molecule has 2 N–H and O–H groups in total. The van der Waals surface area contributed by atoms with Crippen molar-refractivity contribution < 1.29 is 8.78 Å². The molecule has 0 saturated heterocycles. The monoisotopic (exact) mass is 297 g/mol. The van der Waals surface area contributed by atoms with Gasteiger partial charge in [-0.05, 0) is 37.7 Å². The van der Waals surface area contributed by atoms with Gasteiger partial charge in [-0.15, -0.1) is 0 Å². The number of rotatable bonds is 7. The normalized spacial score (nSPS) is 18.5. The van der Waals surface area contributed by atoms with Crippen LogP contribution >= 0.6 is 0 Å². The Bertz CT molecular complexity index is 475. The highest BCUT2D eigenvalue weighted by atomic mass is 19.1. The Balaban J connectivity index is 2.02. The fourth-order valence-corrected chi connectivity index (χ4v) is 3.15. The van der Waals surface area contributed by atoms with E-state index in [-0.39, 0.29) is 6.04 Å². The summed E-state index contributed by atoms with van der Waals surface area (Å²) < 4.78 is 27.3. The van der Waals surface area contributed by atoms with Crippen LogP contribution in [0, 0.1) is 11.6 Å². The topological polar surface area (TPSA) is 32.5 Å². The molecule has 0 fully saturated rings. The molecule has 0 aliphatic carbocycles. The van der Waals surface area contributed by atoms with Crippen LogP contribution in [0.4, 0.5) is 8.78 Å². The van der Waals surface area contributed by atoms with Crippen molar-refractivity contribution in [2.75, 3.05) is 32.7 Å². The van der Waals surface area contributed by atoms with Crippen molar-refractivity contribution in [1.82, 2.24) is 9.80 Å². The van der Waals surface area contributed by atoms with Crippen molar-refractivity contribution >= 4 is 0 Å².